The molecule has 28 heavy (non-hydrogen) atoms. The van der Waals surface area contributed by atoms with E-state index in [1.165, 1.54) is 6.07 Å². The summed E-state index contributed by atoms with van der Waals surface area (Å²) in [6.07, 6.45) is -3.27. The van der Waals surface area contributed by atoms with Gasteiger partial charge in [-0.15, -0.1) is 0 Å². The minimum atomic E-state index is -4.41. The number of ether oxygens (including phenoxy) is 1. The van der Waals surface area contributed by atoms with Crippen LogP contribution >= 0.6 is 0 Å². The normalized spacial score (nSPS) is 15.9. The predicted molar refractivity (Wildman–Crippen MR) is 100 cm³/mol. The summed E-state index contributed by atoms with van der Waals surface area (Å²) in [5.41, 5.74) is 1.94. The lowest BCUT2D eigenvalue weighted by Crippen LogP contribution is -2.43. The van der Waals surface area contributed by atoms with Gasteiger partial charge < -0.3 is 14.5 Å². The number of rotatable bonds is 4. The Morgan fingerprint density at radius 1 is 1.11 bits per heavy atom. The van der Waals surface area contributed by atoms with Gasteiger partial charge in [-0.05, 0) is 24.3 Å². The van der Waals surface area contributed by atoms with Gasteiger partial charge in [0.05, 0.1) is 24.1 Å². The van der Waals surface area contributed by atoms with Crippen molar-refractivity contribution in [1.29, 1.82) is 0 Å². The Morgan fingerprint density at radius 3 is 2.57 bits per heavy atom. The monoisotopic (exact) mass is 390 g/mol. The number of benzene rings is 1. The lowest BCUT2D eigenvalue weighted by Gasteiger charge is -2.27. The van der Waals surface area contributed by atoms with E-state index in [0.29, 0.717) is 23.6 Å². The molecule has 148 valence electrons. The maximum absolute atomic E-state index is 13.3. The number of methoxy groups -OCH3 is 1. The fourth-order valence-electron chi connectivity index (χ4n) is 3.55. The first-order valence-corrected chi connectivity index (χ1v) is 9.12. The average Bonchev–Trinajstić information content (AvgIpc) is 3.05. The van der Waals surface area contributed by atoms with Gasteiger partial charge in [-0.2, -0.15) is 13.2 Å². The van der Waals surface area contributed by atoms with E-state index in [1.807, 2.05) is 24.3 Å². The Kier molecular flexibility index (Phi) is 4.99. The highest BCUT2D eigenvalue weighted by atomic mass is 19.4. The molecule has 0 spiro atoms. The molecular formula is C20H21F3N4O. The second-order valence-corrected chi connectivity index (χ2v) is 6.78. The minimum absolute atomic E-state index is 0.485. The number of nitrogens with one attached hydrogen (secondary N) is 1. The van der Waals surface area contributed by atoms with E-state index in [9.17, 15) is 13.2 Å². The summed E-state index contributed by atoms with van der Waals surface area (Å²) in [6, 6.07) is 9.93. The maximum atomic E-state index is 13.3. The van der Waals surface area contributed by atoms with Gasteiger partial charge >= 0.3 is 6.18 Å². The van der Waals surface area contributed by atoms with Crippen LogP contribution in [0.5, 0.6) is 5.75 Å². The molecule has 1 aliphatic rings. The quantitative estimate of drug-likeness (QED) is 0.741. The van der Waals surface area contributed by atoms with E-state index in [1.54, 1.807) is 11.5 Å². The molecule has 1 fully saturated rings. The van der Waals surface area contributed by atoms with Crippen LogP contribution in [0.3, 0.4) is 0 Å². The largest absolute Gasteiger partial charge is 0.496 e. The molecule has 0 aliphatic carbocycles. The third kappa shape index (κ3) is 3.57. The van der Waals surface area contributed by atoms with Gasteiger partial charge in [-0.3, -0.25) is 4.90 Å². The van der Waals surface area contributed by atoms with Crippen LogP contribution in [-0.4, -0.2) is 47.6 Å². The summed E-state index contributed by atoms with van der Waals surface area (Å²) in [4.78, 5) is 6.87. The van der Waals surface area contributed by atoms with Crippen LogP contribution < -0.4 is 10.1 Å². The molecule has 1 N–H and O–H groups in total. The van der Waals surface area contributed by atoms with Crippen molar-refractivity contribution >= 4 is 5.65 Å². The van der Waals surface area contributed by atoms with Crippen LogP contribution in [0.15, 0.2) is 42.6 Å². The minimum Gasteiger partial charge on any atom is -0.496 e. The van der Waals surface area contributed by atoms with E-state index in [0.717, 1.165) is 49.7 Å². The summed E-state index contributed by atoms with van der Waals surface area (Å²) in [7, 11) is 1.58. The summed E-state index contributed by atoms with van der Waals surface area (Å²) in [5, 5.41) is 3.29. The zero-order valence-electron chi connectivity index (χ0n) is 15.5. The Bertz CT molecular complexity index is 977. The van der Waals surface area contributed by atoms with Crippen molar-refractivity contribution in [3.8, 4) is 17.0 Å². The van der Waals surface area contributed by atoms with Crippen LogP contribution in [0.2, 0.25) is 0 Å². The molecule has 3 aromatic rings. The van der Waals surface area contributed by atoms with Gasteiger partial charge in [0.1, 0.15) is 11.4 Å². The zero-order chi connectivity index (χ0) is 19.7. The highest BCUT2D eigenvalue weighted by Crippen LogP contribution is 2.35. The fourth-order valence-corrected chi connectivity index (χ4v) is 3.55. The number of hydrogen-bond donors (Lipinski definition) is 1. The first-order chi connectivity index (χ1) is 13.5. The van der Waals surface area contributed by atoms with Crippen molar-refractivity contribution < 1.29 is 17.9 Å². The smallest absolute Gasteiger partial charge is 0.417 e. The van der Waals surface area contributed by atoms with Gasteiger partial charge in [0.25, 0.3) is 0 Å². The van der Waals surface area contributed by atoms with E-state index >= 15 is 0 Å². The summed E-state index contributed by atoms with van der Waals surface area (Å²) < 4.78 is 46.9. The van der Waals surface area contributed by atoms with Gasteiger partial charge in [-0.1, -0.05) is 12.1 Å². The van der Waals surface area contributed by atoms with Crippen molar-refractivity contribution in [3.05, 3.63) is 53.9 Å². The van der Waals surface area contributed by atoms with Gasteiger partial charge in [0, 0.05) is 44.5 Å². The topological polar surface area (TPSA) is 41.8 Å². The number of pyridine rings is 1. The van der Waals surface area contributed by atoms with Gasteiger partial charge in [0.2, 0.25) is 0 Å². The molecule has 8 heteroatoms. The highest BCUT2D eigenvalue weighted by molar-refractivity contribution is 5.72. The average molecular weight is 390 g/mol. The van der Waals surface area contributed by atoms with Crippen LogP contribution in [0, 0.1) is 0 Å². The number of piperazine rings is 1. The molecule has 0 atom stereocenters. The molecule has 1 saturated heterocycles. The highest BCUT2D eigenvalue weighted by Gasteiger charge is 2.31. The second kappa shape index (κ2) is 7.44. The van der Waals surface area contributed by atoms with E-state index < -0.39 is 11.7 Å². The van der Waals surface area contributed by atoms with Crippen molar-refractivity contribution in [2.45, 2.75) is 12.7 Å². The van der Waals surface area contributed by atoms with E-state index in [-0.39, 0.29) is 0 Å². The molecule has 5 nitrogen and oxygen atoms in total. The van der Waals surface area contributed by atoms with Crippen LogP contribution in [0.4, 0.5) is 13.2 Å². The van der Waals surface area contributed by atoms with Crippen molar-refractivity contribution in [3.63, 3.8) is 0 Å². The third-order valence-electron chi connectivity index (χ3n) is 4.99. The Labute approximate surface area is 160 Å². The van der Waals surface area contributed by atoms with Gasteiger partial charge in [0.15, 0.2) is 0 Å². The predicted octanol–water partition coefficient (Wildman–Crippen LogP) is 3.43. The summed E-state index contributed by atoms with van der Waals surface area (Å²) in [6.45, 7) is 3.88. The Balaban J connectivity index is 1.88. The number of aromatic nitrogens is 2. The lowest BCUT2D eigenvalue weighted by atomic mass is 10.1. The van der Waals surface area contributed by atoms with E-state index in [2.05, 4.69) is 15.2 Å². The molecule has 4 rings (SSSR count). The number of para-hydroxylation sites is 1. The first-order valence-electron chi connectivity index (χ1n) is 9.12. The Hall–Kier alpha value is -2.58. The Morgan fingerprint density at radius 2 is 1.86 bits per heavy atom. The van der Waals surface area contributed by atoms with E-state index in [4.69, 9.17) is 4.74 Å². The van der Waals surface area contributed by atoms with Crippen molar-refractivity contribution in [2.24, 2.45) is 0 Å². The molecule has 3 heterocycles. The molecule has 1 aromatic carbocycles. The molecule has 0 saturated carbocycles. The maximum Gasteiger partial charge on any atom is 0.417 e. The summed E-state index contributed by atoms with van der Waals surface area (Å²) in [5.74, 6) is 0.642. The molecular weight excluding hydrogens is 369 g/mol. The number of fused-ring (bicyclic) bond motifs is 1. The van der Waals surface area contributed by atoms with Crippen LogP contribution in [0.1, 0.15) is 11.3 Å². The number of alkyl halides is 3. The number of imidazole rings is 1. The first kappa shape index (κ1) is 18.8. The molecule has 2 aromatic heterocycles. The molecule has 0 unspecified atom stereocenters. The number of hydrogen-bond acceptors (Lipinski definition) is 4. The molecule has 0 amide bonds. The molecule has 0 radical (unpaired) electrons. The summed E-state index contributed by atoms with van der Waals surface area (Å²) >= 11 is 0. The van der Waals surface area contributed by atoms with Crippen LogP contribution in [-0.2, 0) is 12.7 Å². The zero-order valence-corrected chi connectivity index (χ0v) is 15.5. The SMILES string of the molecule is COc1ccccc1-c1nc2ccc(C(F)(F)F)cn2c1CN1CCNCC1. The van der Waals surface area contributed by atoms with Crippen molar-refractivity contribution in [2.75, 3.05) is 33.3 Å². The second-order valence-electron chi connectivity index (χ2n) is 6.78. The van der Waals surface area contributed by atoms with Crippen molar-refractivity contribution in [1.82, 2.24) is 19.6 Å². The van der Waals surface area contributed by atoms with Crippen LogP contribution in [0.25, 0.3) is 16.9 Å². The number of halogens is 3. The lowest BCUT2D eigenvalue weighted by molar-refractivity contribution is -0.137. The van der Waals surface area contributed by atoms with Gasteiger partial charge in [-0.25, -0.2) is 4.98 Å². The molecule has 0 bridgehead atoms. The fraction of sp³-hybridized carbons (Fsp3) is 0.350. The standard InChI is InChI=1S/C20H21F3N4O/c1-28-17-5-3-2-4-15(17)19-16(13-26-10-8-24-9-11-26)27-12-14(20(21,22)23)6-7-18(27)25-19/h2-7,12,24H,8-11,13H2,1H3. The third-order valence-corrected chi connectivity index (χ3v) is 4.99. The molecule has 1 aliphatic heterocycles. The number of nitrogens with zero attached hydrogens (tertiary/aromatic N) is 3.